The van der Waals surface area contributed by atoms with Gasteiger partial charge in [0, 0.05) is 36.4 Å². The molecule has 8 heteroatoms. The van der Waals surface area contributed by atoms with Crippen molar-refractivity contribution in [3.8, 4) is 0 Å². The maximum Gasteiger partial charge on any atom is 0.279 e. The van der Waals surface area contributed by atoms with Crippen LogP contribution in [0.5, 0.6) is 0 Å². The van der Waals surface area contributed by atoms with Gasteiger partial charge < -0.3 is 4.74 Å². The first-order chi connectivity index (χ1) is 16.0. The van der Waals surface area contributed by atoms with Crippen molar-refractivity contribution >= 4 is 60.1 Å². The number of halogens is 2. The van der Waals surface area contributed by atoms with Crippen LogP contribution in [0.3, 0.4) is 0 Å². The molecule has 2 aliphatic rings. The van der Waals surface area contributed by atoms with Crippen molar-refractivity contribution in [3.63, 3.8) is 0 Å². The van der Waals surface area contributed by atoms with Gasteiger partial charge in [-0.1, -0.05) is 55.0 Å². The van der Waals surface area contributed by atoms with E-state index in [2.05, 4.69) is 30.0 Å². The van der Waals surface area contributed by atoms with Gasteiger partial charge in [0.05, 0.1) is 23.2 Å². The first kappa shape index (κ1) is 24.9. The Hall–Kier alpha value is -2.25. The van der Waals surface area contributed by atoms with Gasteiger partial charge >= 0.3 is 0 Å². The molecule has 5 nitrogen and oxygen atoms in total. The van der Waals surface area contributed by atoms with Crippen LogP contribution in [0, 0.1) is 6.92 Å². The molecule has 1 atom stereocenters. The summed E-state index contributed by atoms with van der Waals surface area (Å²) in [5, 5.41) is 5.56. The van der Waals surface area contributed by atoms with Crippen LogP contribution in [0.2, 0.25) is 35.7 Å². The van der Waals surface area contributed by atoms with Crippen LogP contribution in [0.15, 0.2) is 35.3 Å². The molecule has 0 saturated heterocycles. The minimum Gasteiger partial charge on any atom is -0.377 e. The quantitative estimate of drug-likeness (QED) is 0.234. The SMILES string of the molecule is CC(=O)c1cc2c(c(C)c1COCC[Si](C)(C)C)[N]C1=NC(=O)C(c3ccc(Cl)cc3Cl)=CC12. The van der Waals surface area contributed by atoms with Crippen LogP contribution < -0.4 is 5.32 Å². The Bertz CT molecular complexity index is 1260. The van der Waals surface area contributed by atoms with Crippen LogP contribution in [-0.2, 0) is 16.1 Å². The second-order valence-electron chi connectivity index (χ2n) is 9.95. The van der Waals surface area contributed by atoms with Gasteiger partial charge in [-0.25, -0.2) is 5.32 Å². The molecule has 2 heterocycles. The first-order valence-electron chi connectivity index (χ1n) is 11.2. The number of hydrogen-bond donors (Lipinski definition) is 0. The lowest BCUT2D eigenvalue weighted by Crippen LogP contribution is -2.21. The lowest BCUT2D eigenvalue weighted by Gasteiger charge is -2.18. The maximum atomic E-state index is 12.8. The minimum atomic E-state index is -1.21. The summed E-state index contributed by atoms with van der Waals surface area (Å²) >= 11 is 12.4. The lowest BCUT2D eigenvalue weighted by molar-refractivity contribution is -0.112. The number of carbonyl (C=O) groups excluding carboxylic acids is 2. The Balaban J connectivity index is 1.71. The number of dihydropyridines is 1. The van der Waals surface area contributed by atoms with Gasteiger partial charge in [-0.15, -0.1) is 0 Å². The molecule has 0 bridgehead atoms. The summed E-state index contributed by atoms with van der Waals surface area (Å²) in [5.74, 6) is -0.320. The van der Waals surface area contributed by atoms with E-state index in [4.69, 9.17) is 27.9 Å². The molecule has 0 spiro atoms. The van der Waals surface area contributed by atoms with E-state index in [1.54, 1.807) is 25.1 Å². The maximum absolute atomic E-state index is 12.8. The van der Waals surface area contributed by atoms with Crippen molar-refractivity contribution in [3.05, 3.63) is 68.2 Å². The monoisotopic (exact) mass is 513 g/mol. The zero-order chi connectivity index (χ0) is 24.8. The van der Waals surface area contributed by atoms with Crippen molar-refractivity contribution in [1.82, 2.24) is 5.32 Å². The molecular weight excluding hydrogens is 487 g/mol. The number of carbonyl (C=O) groups is 2. The van der Waals surface area contributed by atoms with E-state index in [1.165, 1.54) is 0 Å². The van der Waals surface area contributed by atoms with Gasteiger partial charge in [0.1, 0.15) is 5.84 Å². The number of hydrogen-bond acceptors (Lipinski definition) is 3. The molecule has 0 N–H and O–H groups in total. The molecule has 177 valence electrons. The second kappa shape index (κ2) is 9.42. The molecule has 1 radical (unpaired) electrons. The molecule has 0 aliphatic carbocycles. The van der Waals surface area contributed by atoms with E-state index in [-0.39, 0.29) is 11.7 Å². The Morgan fingerprint density at radius 1 is 1.18 bits per heavy atom. The summed E-state index contributed by atoms with van der Waals surface area (Å²) in [7, 11) is -1.21. The van der Waals surface area contributed by atoms with Crippen molar-refractivity contribution in [2.75, 3.05) is 6.61 Å². The van der Waals surface area contributed by atoms with Gasteiger partial charge in [-0.05, 0) is 54.8 Å². The fourth-order valence-corrected chi connectivity index (χ4v) is 5.47. The summed E-state index contributed by atoms with van der Waals surface area (Å²) in [6, 6.07) is 7.94. The average molecular weight is 515 g/mol. The molecule has 0 aromatic heterocycles. The first-order valence-corrected chi connectivity index (χ1v) is 15.7. The summed E-state index contributed by atoms with van der Waals surface area (Å²) in [4.78, 5) is 29.7. The van der Waals surface area contributed by atoms with Gasteiger partial charge in [-0.2, -0.15) is 4.99 Å². The molecular formula is C26H27Cl2N2O3Si. The van der Waals surface area contributed by atoms with Crippen molar-refractivity contribution < 1.29 is 14.3 Å². The topological polar surface area (TPSA) is 69.8 Å². The van der Waals surface area contributed by atoms with Gasteiger partial charge in [0.2, 0.25) is 0 Å². The Labute approximate surface area is 211 Å². The summed E-state index contributed by atoms with van der Waals surface area (Å²) in [5.41, 5.74) is 4.95. The van der Waals surface area contributed by atoms with Gasteiger partial charge in [-0.3, -0.25) is 9.59 Å². The van der Waals surface area contributed by atoms with E-state index in [9.17, 15) is 9.59 Å². The highest BCUT2D eigenvalue weighted by molar-refractivity contribution is 6.76. The van der Waals surface area contributed by atoms with E-state index in [0.717, 1.165) is 28.4 Å². The molecule has 2 aromatic rings. The van der Waals surface area contributed by atoms with Crippen LogP contribution in [0.1, 0.15) is 45.5 Å². The smallest absolute Gasteiger partial charge is 0.279 e. The van der Waals surface area contributed by atoms with Crippen molar-refractivity contribution in [2.45, 2.75) is 52.1 Å². The molecule has 0 saturated carbocycles. The van der Waals surface area contributed by atoms with Crippen LogP contribution in [0.25, 0.3) is 5.57 Å². The van der Waals surface area contributed by atoms with E-state index in [1.807, 2.05) is 19.1 Å². The highest BCUT2D eigenvalue weighted by atomic mass is 35.5. The summed E-state index contributed by atoms with van der Waals surface area (Å²) < 4.78 is 5.98. The molecule has 2 aliphatic heterocycles. The summed E-state index contributed by atoms with van der Waals surface area (Å²) in [6.45, 7) is 11.4. The number of ketones is 1. The number of Topliss-reactive ketones (excluding diaryl/α,β-unsaturated/α-hetero) is 1. The van der Waals surface area contributed by atoms with E-state index in [0.29, 0.717) is 45.8 Å². The molecule has 1 unspecified atom stereocenters. The van der Waals surface area contributed by atoms with Crippen molar-refractivity contribution in [1.29, 1.82) is 0 Å². The molecule has 2 aromatic carbocycles. The minimum absolute atomic E-state index is 0.0306. The Kier molecular flexibility index (Phi) is 6.89. The molecule has 0 fully saturated rings. The van der Waals surface area contributed by atoms with Crippen LogP contribution in [0.4, 0.5) is 5.69 Å². The second-order valence-corrected chi connectivity index (χ2v) is 16.4. The predicted octanol–water partition coefficient (Wildman–Crippen LogP) is 6.71. The number of rotatable bonds is 7. The average Bonchev–Trinajstić information content (AvgIpc) is 3.08. The van der Waals surface area contributed by atoms with Crippen molar-refractivity contribution in [2.24, 2.45) is 4.99 Å². The van der Waals surface area contributed by atoms with Gasteiger partial charge in [0.15, 0.2) is 5.78 Å². The Morgan fingerprint density at radius 3 is 2.56 bits per heavy atom. The number of fused-ring (bicyclic) bond motifs is 3. The number of amidine groups is 1. The highest BCUT2D eigenvalue weighted by Crippen LogP contribution is 2.43. The molecule has 34 heavy (non-hydrogen) atoms. The van der Waals surface area contributed by atoms with Crippen LogP contribution in [-0.4, -0.2) is 32.2 Å². The van der Waals surface area contributed by atoms with Crippen LogP contribution >= 0.6 is 23.2 Å². The van der Waals surface area contributed by atoms with Gasteiger partial charge in [0.25, 0.3) is 5.91 Å². The van der Waals surface area contributed by atoms with E-state index < -0.39 is 14.0 Å². The number of amides is 1. The summed E-state index contributed by atoms with van der Waals surface area (Å²) in [6.07, 6.45) is 1.84. The normalized spacial score (nSPS) is 17.0. The fraction of sp³-hybridized carbons (Fsp3) is 0.346. The standard InChI is InChI=1S/C26H27Cl2N2O3Si/c1-14-22(13-33-8-9-34(3,4)5)18(15(2)31)11-19-20-12-21(17-7-6-16(27)10-23(17)28)26(32)30-25(20)29-24(14)19/h6-7,10-12,20H,8-9,13H2,1-5H3. The van der Waals surface area contributed by atoms with E-state index >= 15 is 0 Å². The Morgan fingerprint density at radius 2 is 1.91 bits per heavy atom. The molecule has 4 rings (SSSR count). The largest absolute Gasteiger partial charge is 0.377 e. The number of aliphatic imine (C=N–C) groups is 1. The molecule has 1 amide bonds. The third kappa shape index (κ3) is 4.91. The lowest BCUT2D eigenvalue weighted by atomic mass is 9.88. The number of nitrogens with zero attached hydrogens (tertiary/aromatic N) is 2. The fourth-order valence-electron chi connectivity index (χ4n) is 4.21. The zero-order valence-corrected chi connectivity index (χ0v) is 22.5. The highest BCUT2D eigenvalue weighted by Gasteiger charge is 2.37. The third-order valence-electron chi connectivity index (χ3n) is 6.17. The number of benzene rings is 2. The predicted molar refractivity (Wildman–Crippen MR) is 140 cm³/mol. The zero-order valence-electron chi connectivity index (χ0n) is 20.0. The number of ether oxygens (including phenoxy) is 1. The third-order valence-corrected chi connectivity index (χ3v) is 8.42.